The first kappa shape index (κ1) is 40.0. The van der Waals surface area contributed by atoms with Crippen molar-refractivity contribution < 1.29 is 28.7 Å². The van der Waals surface area contributed by atoms with E-state index in [1.807, 2.05) is 18.2 Å². The minimum absolute atomic E-state index is 0.0698. The molecule has 5 amide bonds. The number of anilines is 2. The number of nitrogens with zero attached hydrogens (tertiary/aromatic N) is 8. The summed E-state index contributed by atoms with van der Waals surface area (Å²) in [6.45, 7) is 7.44. The third-order valence-corrected chi connectivity index (χ3v) is 13.4. The van der Waals surface area contributed by atoms with Crippen LogP contribution in [0.25, 0.3) is 10.9 Å². The van der Waals surface area contributed by atoms with Crippen molar-refractivity contribution in [3.8, 4) is 11.8 Å². The predicted octanol–water partition coefficient (Wildman–Crippen LogP) is 4.53. The summed E-state index contributed by atoms with van der Waals surface area (Å²) in [6.07, 6.45) is 7.56. The van der Waals surface area contributed by atoms with E-state index in [2.05, 4.69) is 37.7 Å². The second-order valence-corrected chi connectivity index (χ2v) is 17.0. The van der Waals surface area contributed by atoms with Crippen LogP contribution in [0.1, 0.15) is 94.9 Å². The molecule has 15 nitrogen and oxygen atoms in total. The molecule has 0 unspecified atom stereocenters. The summed E-state index contributed by atoms with van der Waals surface area (Å²) in [4.78, 5) is 85.1. The van der Waals surface area contributed by atoms with E-state index in [0.29, 0.717) is 59.6 Å². The molecule has 4 aliphatic heterocycles. The van der Waals surface area contributed by atoms with E-state index in [4.69, 9.17) is 10.5 Å². The zero-order valence-corrected chi connectivity index (χ0v) is 34.2. The fraction of sp³-hybridized carbons (Fsp3) is 0.435. The van der Waals surface area contributed by atoms with Crippen molar-refractivity contribution in [3.63, 3.8) is 0 Å². The van der Waals surface area contributed by atoms with Gasteiger partial charge in [-0.15, -0.1) is 0 Å². The normalized spacial score (nSPS) is 24.0. The average molecular weight is 824 g/mol. The topological polar surface area (TPSA) is 186 Å². The van der Waals surface area contributed by atoms with Crippen LogP contribution in [-0.2, 0) is 9.59 Å². The Morgan fingerprint density at radius 3 is 2.36 bits per heavy atom. The van der Waals surface area contributed by atoms with Crippen LogP contribution in [0, 0.1) is 17.2 Å². The Morgan fingerprint density at radius 1 is 0.852 bits per heavy atom. The Bertz CT molecular complexity index is 2440. The number of carbonyl (C=O) groups excluding carboxylic acids is 5. The molecule has 15 heteroatoms. The van der Waals surface area contributed by atoms with Gasteiger partial charge in [0.25, 0.3) is 17.7 Å². The van der Waals surface area contributed by atoms with E-state index in [1.165, 1.54) is 11.1 Å². The van der Waals surface area contributed by atoms with Gasteiger partial charge in [-0.1, -0.05) is 0 Å². The lowest BCUT2D eigenvalue weighted by Gasteiger charge is -2.43. The van der Waals surface area contributed by atoms with Gasteiger partial charge < -0.3 is 20.3 Å². The summed E-state index contributed by atoms with van der Waals surface area (Å²) in [5, 5.41) is 10.3. The van der Waals surface area contributed by atoms with Crippen LogP contribution in [0.4, 0.5) is 11.5 Å². The molecule has 61 heavy (non-hydrogen) atoms. The first-order valence-electron chi connectivity index (χ1n) is 21.4. The summed E-state index contributed by atoms with van der Waals surface area (Å²) in [6, 6.07) is 17.2. The molecule has 2 aromatic carbocycles. The van der Waals surface area contributed by atoms with Gasteiger partial charge in [-0.3, -0.25) is 43.7 Å². The maximum absolute atomic E-state index is 14.1. The van der Waals surface area contributed by atoms with Gasteiger partial charge in [0, 0.05) is 81.2 Å². The van der Waals surface area contributed by atoms with Crippen LogP contribution in [0.2, 0.25) is 0 Å². The fourth-order valence-corrected chi connectivity index (χ4v) is 9.97. The van der Waals surface area contributed by atoms with Crippen molar-refractivity contribution in [2.75, 3.05) is 49.1 Å². The number of nitrogens with two attached hydrogens (primary N) is 1. The molecule has 1 saturated carbocycles. The molecule has 5 aliphatic rings. The van der Waals surface area contributed by atoms with Crippen molar-refractivity contribution in [1.29, 1.82) is 5.26 Å². The summed E-state index contributed by atoms with van der Waals surface area (Å²) in [5.74, 6) is -0.191. The van der Waals surface area contributed by atoms with E-state index in [0.717, 1.165) is 73.9 Å². The Labute approximate surface area is 354 Å². The Morgan fingerprint density at radius 2 is 1.64 bits per heavy atom. The molecule has 4 aromatic rings. The number of carbonyl (C=O) groups is 5. The quantitative estimate of drug-likeness (QED) is 0.233. The van der Waals surface area contributed by atoms with Crippen LogP contribution in [0.15, 0.2) is 67.0 Å². The molecular formula is C46H49N9O6. The molecule has 2 N–H and O–H groups in total. The number of benzene rings is 2. The van der Waals surface area contributed by atoms with Gasteiger partial charge in [0.05, 0.1) is 33.9 Å². The van der Waals surface area contributed by atoms with Gasteiger partial charge in [0.15, 0.2) is 0 Å². The fourth-order valence-electron chi connectivity index (χ4n) is 9.97. The highest BCUT2D eigenvalue weighted by Gasteiger charge is 2.49. The Kier molecular flexibility index (Phi) is 10.9. The van der Waals surface area contributed by atoms with Gasteiger partial charge in [0.2, 0.25) is 11.8 Å². The van der Waals surface area contributed by atoms with E-state index in [9.17, 15) is 29.2 Å². The summed E-state index contributed by atoms with van der Waals surface area (Å²) in [7, 11) is 0. The number of piperazine rings is 1. The van der Waals surface area contributed by atoms with Crippen LogP contribution >= 0.6 is 0 Å². The number of hydrogen-bond acceptors (Lipinski definition) is 12. The van der Waals surface area contributed by atoms with Crippen molar-refractivity contribution in [1.82, 2.24) is 24.7 Å². The van der Waals surface area contributed by atoms with Gasteiger partial charge >= 0.3 is 0 Å². The average Bonchev–Trinajstić information content (AvgIpc) is 3.53. The summed E-state index contributed by atoms with van der Waals surface area (Å²) in [5.41, 5.74) is 8.27. The Balaban J connectivity index is 0.794. The van der Waals surface area contributed by atoms with Gasteiger partial charge in [-0.05, 0) is 112 Å². The van der Waals surface area contributed by atoms with Crippen LogP contribution in [0.5, 0.6) is 5.75 Å². The maximum Gasteiger partial charge on any atom is 0.262 e. The number of piperidine rings is 2. The third-order valence-electron chi connectivity index (χ3n) is 13.4. The number of amides is 5. The summed E-state index contributed by atoms with van der Waals surface area (Å²) >= 11 is 0. The first-order chi connectivity index (χ1) is 29.6. The molecule has 6 heterocycles. The van der Waals surface area contributed by atoms with Crippen molar-refractivity contribution >= 4 is 51.9 Å². The molecule has 4 fully saturated rings. The highest BCUT2D eigenvalue weighted by Crippen LogP contribution is 2.36. The van der Waals surface area contributed by atoms with E-state index in [-0.39, 0.29) is 42.5 Å². The molecular weight excluding hydrogens is 775 g/mol. The highest BCUT2D eigenvalue weighted by molar-refractivity contribution is 6.23. The van der Waals surface area contributed by atoms with Crippen molar-refractivity contribution in [2.24, 2.45) is 11.7 Å². The molecule has 1 aliphatic carbocycles. The molecule has 2 atom stereocenters. The summed E-state index contributed by atoms with van der Waals surface area (Å²) < 4.78 is 6.39. The molecule has 0 bridgehead atoms. The third kappa shape index (κ3) is 7.65. The van der Waals surface area contributed by atoms with Crippen LogP contribution in [-0.4, -0.2) is 118 Å². The number of pyridine rings is 2. The van der Waals surface area contributed by atoms with E-state index >= 15 is 0 Å². The van der Waals surface area contributed by atoms with Gasteiger partial charge in [-0.2, -0.15) is 5.26 Å². The second-order valence-electron chi connectivity index (χ2n) is 17.0. The standard InChI is InChI=1S/C46H49N9O6/c1-28-26-53(22-21-52(28)27-29-16-19-51(20-17-29)40-14-5-31(25-50-40)43(48)57)33-8-11-35-37(23-33)45(59)55(44(35)58)38-12-15-41(56)54(46(38)60)32-6-9-34(10-7-32)61-39-13-4-30(24-47)42-36(39)3-2-18-49-42/h2-5,8,11,13-14,18,23,25,28-29,32,34,38H,6-7,9-10,12,15-17,19-22,26-27H2,1H3,(H2,48,57)/t28-,32?,34?,38-/m1/s1. The minimum Gasteiger partial charge on any atom is -0.490 e. The highest BCUT2D eigenvalue weighted by atomic mass is 16.5. The monoisotopic (exact) mass is 823 g/mol. The molecule has 9 rings (SSSR count). The molecule has 314 valence electrons. The van der Waals surface area contributed by atoms with Crippen LogP contribution < -0.4 is 20.3 Å². The molecule has 3 saturated heterocycles. The SMILES string of the molecule is C[C@@H]1CN(c2ccc3c(c2)C(=O)N([C@@H]2CCC(=O)N(C4CCC(Oc5ccc(C#N)c6ncccc56)CC4)C2=O)C3=O)CCN1CC1CCN(c2ccc(C(N)=O)cn2)CC1. The van der Waals surface area contributed by atoms with Gasteiger partial charge in [-0.25, -0.2) is 4.98 Å². The van der Waals surface area contributed by atoms with Crippen molar-refractivity contribution in [3.05, 3.63) is 89.2 Å². The number of rotatable bonds is 9. The van der Waals surface area contributed by atoms with Crippen molar-refractivity contribution in [2.45, 2.75) is 82.5 Å². The smallest absolute Gasteiger partial charge is 0.262 e. The lowest BCUT2D eigenvalue weighted by atomic mass is 9.89. The number of imide groups is 2. The number of primary amides is 1. The number of fused-ring (bicyclic) bond motifs is 2. The number of likely N-dealkylation sites (tertiary alicyclic amines) is 1. The van der Waals surface area contributed by atoms with Crippen LogP contribution in [0.3, 0.4) is 0 Å². The first-order valence-corrected chi connectivity index (χ1v) is 21.4. The Hall–Kier alpha value is -6.40. The van der Waals surface area contributed by atoms with E-state index in [1.54, 1.807) is 42.6 Å². The maximum atomic E-state index is 14.1. The number of aromatic nitrogens is 2. The predicted molar refractivity (Wildman–Crippen MR) is 226 cm³/mol. The second kappa shape index (κ2) is 16.6. The lowest BCUT2D eigenvalue weighted by Crippen LogP contribution is -2.59. The zero-order valence-electron chi connectivity index (χ0n) is 34.2. The largest absolute Gasteiger partial charge is 0.490 e. The lowest BCUT2D eigenvalue weighted by molar-refractivity contribution is -0.155. The van der Waals surface area contributed by atoms with E-state index < -0.39 is 29.7 Å². The van der Waals surface area contributed by atoms with Gasteiger partial charge in [0.1, 0.15) is 23.7 Å². The number of nitriles is 1. The number of ether oxygens (including phenoxy) is 1. The molecule has 0 radical (unpaired) electrons. The molecule has 2 aromatic heterocycles. The minimum atomic E-state index is -1.05. The molecule has 0 spiro atoms. The number of hydrogen-bond donors (Lipinski definition) is 1. The zero-order chi connectivity index (χ0) is 42.4.